The first-order valence-corrected chi connectivity index (χ1v) is 8.07. The zero-order chi connectivity index (χ0) is 17.7. The molecule has 0 bridgehead atoms. The van der Waals surface area contributed by atoms with Gasteiger partial charge in [0.05, 0.1) is 24.0 Å². The number of aliphatic hydroxyl groups is 1. The van der Waals surface area contributed by atoms with Gasteiger partial charge in [0.2, 0.25) is 0 Å². The molecule has 0 aliphatic rings. The highest BCUT2D eigenvalue weighted by atomic mass is 32.1. The first kappa shape index (κ1) is 18.0. The maximum absolute atomic E-state index is 12.1. The first-order chi connectivity index (χ1) is 11.5. The lowest BCUT2D eigenvalue weighted by Crippen LogP contribution is -2.27. The van der Waals surface area contributed by atoms with Crippen LogP contribution >= 0.6 is 11.3 Å². The van der Waals surface area contributed by atoms with E-state index in [4.69, 9.17) is 9.47 Å². The highest BCUT2D eigenvalue weighted by Crippen LogP contribution is 2.29. The van der Waals surface area contributed by atoms with Crippen LogP contribution in [0.1, 0.15) is 37.9 Å². The van der Waals surface area contributed by atoms with Gasteiger partial charge in [-0.25, -0.2) is 0 Å². The fraction of sp³-hybridized carbons (Fsp3) is 0.294. The van der Waals surface area contributed by atoms with Crippen LogP contribution in [0, 0.1) is 0 Å². The predicted molar refractivity (Wildman–Crippen MR) is 91.2 cm³/mol. The van der Waals surface area contributed by atoms with Crippen molar-refractivity contribution in [2.75, 3.05) is 20.8 Å². The molecule has 0 saturated heterocycles. The molecule has 24 heavy (non-hydrogen) atoms. The number of hydrogen-bond acceptors (Lipinski definition) is 6. The second-order valence-corrected chi connectivity index (χ2v) is 6.14. The average molecular weight is 349 g/mol. The molecule has 0 unspecified atom stereocenters. The number of methoxy groups -OCH3 is 2. The number of ketones is 1. The van der Waals surface area contributed by atoms with Gasteiger partial charge >= 0.3 is 0 Å². The van der Waals surface area contributed by atoms with E-state index >= 15 is 0 Å². The summed E-state index contributed by atoms with van der Waals surface area (Å²) in [5.41, 5.74) is 0.521. The van der Waals surface area contributed by atoms with Crippen molar-refractivity contribution in [1.29, 1.82) is 0 Å². The Balaban J connectivity index is 2.05. The van der Waals surface area contributed by atoms with E-state index < -0.39 is 6.10 Å². The van der Waals surface area contributed by atoms with E-state index in [1.807, 2.05) is 0 Å². The Hall–Kier alpha value is -2.38. The Morgan fingerprint density at radius 2 is 1.88 bits per heavy atom. The highest BCUT2D eigenvalue weighted by Gasteiger charge is 2.17. The van der Waals surface area contributed by atoms with Gasteiger partial charge in [0, 0.05) is 12.1 Å². The van der Waals surface area contributed by atoms with E-state index in [2.05, 4.69) is 5.32 Å². The van der Waals surface area contributed by atoms with Crippen LogP contribution in [-0.2, 0) is 0 Å². The van der Waals surface area contributed by atoms with Crippen molar-refractivity contribution in [3.05, 3.63) is 45.6 Å². The van der Waals surface area contributed by atoms with Crippen molar-refractivity contribution in [2.45, 2.75) is 13.0 Å². The van der Waals surface area contributed by atoms with Crippen LogP contribution < -0.4 is 14.8 Å². The Morgan fingerprint density at radius 1 is 1.17 bits per heavy atom. The van der Waals surface area contributed by atoms with Crippen LogP contribution in [0.2, 0.25) is 0 Å². The SMILES string of the molecule is COc1ccc(OC)c([C@H](O)CNC(=O)c2ccc(C(C)=O)s2)c1. The van der Waals surface area contributed by atoms with Gasteiger partial charge in [-0.3, -0.25) is 9.59 Å². The standard InChI is InChI=1S/C17H19NO5S/c1-10(19)15-6-7-16(24-15)17(21)18-9-13(20)12-8-11(22-2)4-5-14(12)23-3/h4-8,13,20H,9H2,1-3H3,(H,18,21)/t13-/m1/s1. The molecular weight excluding hydrogens is 330 g/mol. The van der Waals surface area contributed by atoms with Gasteiger partial charge in [0.25, 0.3) is 5.91 Å². The van der Waals surface area contributed by atoms with Gasteiger partial charge < -0.3 is 19.9 Å². The van der Waals surface area contributed by atoms with Crippen LogP contribution in [-0.4, -0.2) is 37.6 Å². The molecule has 0 aliphatic heterocycles. The average Bonchev–Trinajstić information content (AvgIpc) is 3.09. The number of thiophene rings is 1. The van der Waals surface area contributed by atoms with Gasteiger partial charge in [0.1, 0.15) is 17.6 Å². The largest absolute Gasteiger partial charge is 0.497 e. The van der Waals surface area contributed by atoms with Crippen molar-refractivity contribution in [2.24, 2.45) is 0 Å². The van der Waals surface area contributed by atoms with Crippen molar-refractivity contribution < 1.29 is 24.2 Å². The minimum atomic E-state index is -0.953. The number of nitrogens with one attached hydrogen (secondary N) is 1. The maximum Gasteiger partial charge on any atom is 0.261 e. The number of amides is 1. The lowest BCUT2D eigenvalue weighted by Gasteiger charge is -2.16. The van der Waals surface area contributed by atoms with E-state index in [9.17, 15) is 14.7 Å². The summed E-state index contributed by atoms with van der Waals surface area (Å²) in [6, 6.07) is 8.29. The van der Waals surface area contributed by atoms with Crippen LogP contribution in [0.25, 0.3) is 0 Å². The molecule has 0 saturated carbocycles. The van der Waals surface area contributed by atoms with E-state index in [-0.39, 0.29) is 18.2 Å². The Labute approximate surface area is 144 Å². The number of carbonyl (C=O) groups is 2. The third-order valence-corrected chi connectivity index (χ3v) is 4.61. The number of benzene rings is 1. The predicted octanol–water partition coefficient (Wildman–Crippen LogP) is 2.43. The fourth-order valence-electron chi connectivity index (χ4n) is 2.14. The normalized spacial score (nSPS) is 11.7. The minimum absolute atomic E-state index is 0.00959. The van der Waals surface area contributed by atoms with Crippen LogP contribution in [0.5, 0.6) is 11.5 Å². The second-order valence-electron chi connectivity index (χ2n) is 5.05. The van der Waals surface area contributed by atoms with E-state index in [1.54, 1.807) is 30.3 Å². The zero-order valence-corrected chi connectivity index (χ0v) is 14.5. The van der Waals surface area contributed by atoms with Gasteiger partial charge in [-0.15, -0.1) is 11.3 Å². The Morgan fingerprint density at radius 3 is 2.46 bits per heavy atom. The van der Waals surface area contributed by atoms with Crippen molar-refractivity contribution in [1.82, 2.24) is 5.32 Å². The number of carbonyl (C=O) groups excluding carboxylic acids is 2. The minimum Gasteiger partial charge on any atom is -0.497 e. The molecule has 2 rings (SSSR count). The van der Waals surface area contributed by atoms with Gasteiger partial charge in [-0.1, -0.05) is 0 Å². The number of hydrogen-bond donors (Lipinski definition) is 2. The van der Waals surface area contributed by atoms with Gasteiger partial charge in [-0.05, 0) is 37.3 Å². The lowest BCUT2D eigenvalue weighted by molar-refractivity contribution is 0.0918. The molecule has 6 nitrogen and oxygen atoms in total. The first-order valence-electron chi connectivity index (χ1n) is 7.25. The molecular formula is C17H19NO5S. The summed E-state index contributed by atoms with van der Waals surface area (Å²) in [4.78, 5) is 24.3. The van der Waals surface area contributed by atoms with Gasteiger partial charge in [-0.2, -0.15) is 0 Å². The van der Waals surface area contributed by atoms with Crippen molar-refractivity contribution >= 4 is 23.0 Å². The summed E-state index contributed by atoms with van der Waals surface area (Å²) in [6.45, 7) is 1.46. The summed E-state index contributed by atoms with van der Waals surface area (Å²) in [7, 11) is 3.04. The second kappa shape index (κ2) is 7.94. The number of ether oxygens (including phenoxy) is 2. The third-order valence-electron chi connectivity index (χ3n) is 3.43. The molecule has 1 atom stereocenters. The van der Waals surface area contributed by atoms with E-state index in [0.29, 0.717) is 26.8 Å². The molecule has 128 valence electrons. The molecule has 1 aromatic carbocycles. The zero-order valence-electron chi connectivity index (χ0n) is 13.7. The van der Waals surface area contributed by atoms with Gasteiger partial charge in [0.15, 0.2) is 5.78 Å². The van der Waals surface area contributed by atoms with Crippen molar-refractivity contribution in [3.8, 4) is 11.5 Å². The Bertz CT molecular complexity index is 740. The van der Waals surface area contributed by atoms with Crippen LogP contribution in [0.3, 0.4) is 0 Å². The number of Topliss-reactive ketones (excluding diaryl/α,β-unsaturated/α-hetero) is 1. The summed E-state index contributed by atoms with van der Waals surface area (Å²) in [5.74, 6) is 0.668. The lowest BCUT2D eigenvalue weighted by atomic mass is 10.1. The topological polar surface area (TPSA) is 84.9 Å². The molecule has 1 amide bonds. The number of rotatable bonds is 7. The van der Waals surface area contributed by atoms with E-state index in [0.717, 1.165) is 11.3 Å². The maximum atomic E-state index is 12.1. The molecule has 0 fully saturated rings. The van der Waals surface area contributed by atoms with Crippen molar-refractivity contribution in [3.63, 3.8) is 0 Å². The summed E-state index contributed by atoms with van der Waals surface area (Å²) < 4.78 is 10.4. The molecule has 7 heteroatoms. The molecule has 2 aromatic rings. The van der Waals surface area contributed by atoms with Crippen LogP contribution in [0.4, 0.5) is 0 Å². The molecule has 0 spiro atoms. The Kier molecular flexibility index (Phi) is 5.94. The third kappa shape index (κ3) is 4.12. The smallest absolute Gasteiger partial charge is 0.261 e. The molecule has 0 radical (unpaired) electrons. The molecule has 0 aliphatic carbocycles. The number of aliphatic hydroxyl groups excluding tert-OH is 1. The molecule has 1 aromatic heterocycles. The summed E-state index contributed by atoms with van der Waals surface area (Å²) in [6.07, 6.45) is -0.953. The fourth-order valence-corrected chi connectivity index (χ4v) is 2.95. The quantitative estimate of drug-likeness (QED) is 0.750. The summed E-state index contributed by atoms with van der Waals surface area (Å²) in [5, 5.41) is 13.0. The monoisotopic (exact) mass is 349 g/mol. The van der Waals surface area contributed by atoms with Crippen LogP contribution in [0.15, 0.2) is 30.3 Å². The van der Waals surface area contributed by atoms with E-state index in [1.165, 1.54) is 21.1 Å². The molecule has 2 N–H and O–H groups in total. The summed E-state index contributed by atoms with van der Waals surface area (Å²) >= 11 is 1.12. The highest BCUT2D eigenvalue weighted by molar-refractivity contribution is 7.15. The molecule has 1 heterocycles.